The van der Waals surface area contributed by atoms with Crippen molar-refractivity contribution in [1.82, 2.24) is 0 Å². The second-order valence-corrected chi connectivity index (χ2v) is 5.01. The van der Waals surface area contributed by atoms with Gasteiger partial charge < -0.3 is 20.5 Å². The van der Waals surface area contributed by atoms with Gasteiger partial charge in [0.15, 0.2) is 0 Å². The molecule has 1 aliphatic rings. The predicted molar refractivity (Wildman–Crippen MR) is 74.6 cm³/mol. The first kappa shape index (κ1) is 13.7. The third kappa shape index (κ3) is 3.38. The van der Waals surface area contributed by atoms with Crippen molar-refractivity contribution >= 4 is 17.3 Å². The van der Waals surface area contributed by atoms with Gasteiger partial charge in [-0.3, -0.25) is 0 Å². The fourth-order valence-electron chi connectivity index (χ4n) is 2.39. The Labute approximate surface area is 113 Å². The van der Waals surface area contributed by atoms with E-state index in [1.54, 1.807) is 12.1 Å². The molecule has 0 radical (unpaired) electrons. The molecule has 0 atom stereocenters. The molecule has 1 aromatic carbocycles. The van der Waals surface area contributed by atoms with Crippen molar-refractivity contribution < 1.29 is 14.6 Å². The molecule has 3 N–H and O–H groups in total. The number of carbonyl (C=O) groups is 1. The van der Waals surface area contributed by atoms with Crippen LogP contribution in [0.2, 0.25) is 0 Å². The van der Waals surface area contributed by atoms with Crippen molar-refractivity contribution in [3.63, 3.8) is 0 Å². The molecule has 0 unspecified atom stereocenters. The molecular formula is C14H20N2O3. The lowest BCUT2D eigenvalue weighted by molar-refractivity contribution is 0.0685. The Morgan fingerprint density at radius 3 is 2.79 bits per heavy atom. The summed E-state index contributed by atoms with van der Waals surface area (Å²) in [6, 6.07) is 5.15. The quantitative estimate of drug-likeness (QED) is 0.811. The lowest BCUT2D eigenvalue weighted by Gasteiger charge is -2.28. The fourth-order valence-corrected chi connectivity index (χ4v) is 2.39. The smallest absolute Gasteiger partial charge is 0.337 e. The highest BCUT2D eigenvalue weighted by Gasteiger charge is 2.17. The van der Waals surface area contributed by atoms with E-state index in [4.69, 9.17) is 15.6 Å². The molecule has 0 amide bonds. The zero-order valence-corrected chi connectivity index (χ0v) is 11.1. The van der Waals surface area contributed by atoms with E-state index in [0.717, 1.165) is 38.3 Å². The van der Waals surface area contributed by atoms with E-state index in [1.807, 2.05) is 13.1 Å². The van der Waals surface area contributed by atoms with Crippen LogP contribution in [-0.4, -0.2) is 37.9 Å². The molecule has 0 aliphatic carbocycles. The normalized spacial score (nSPS) is 16.3. The lowest BCUT2D eigenvalue weighted by Crippen LogP contribution is -2.29. The fraction of sp³-hybridized carbons (Fsp3) is 0.500. The summed E-state index contributed by atoms with van der Waals surface area (Å²) < 4.78 is 5.34. The number of carboxylic acids is 1. The van der Waals surface area contributed by atoms with E-state index in [9.17, 15) is 4.79 Å². The third-order valence-corrected chi connectivity index (χ3v) is 3.58. The van der Waals surface area contributed by atoms with Gasteiger partial charge in [-0.1, -0.05) is 0 Å². The SMILES string of the molecule is CN(CC1CCOCC1)c1ccc(N)c(C(=O)O)c1. The first-order chi connectivity index (χ1) is 9.08. The second-order valence-electron chi connectivity index (χ2n) is 5.01. The maximum atomic E-state index is 11.1. The molecular weight excluding hydrogens is 244 g/mol. The largest absolute Gasteiger partial charge is 0.478 e. The molecule has 0 bridgehead atoms. The number of carboxylic acid groups (broad SMARTS) is 1. The molecule has 2 rings (SSSR count). The van der Waals surface area contributed by atoms with Crippen molar-refractivity contribution in [2.45, 2.75) is 12.8 Å². The van der Waals surface area contributed by atoms with Gasteiger partial charge in [0, 0.05) is 38.2 Å². The summed E-state index contributed by atoms with van der Waals surface area (Å²) in [5, 5.41) is 9.08. The van der Waals surface area contributed by atoms with Gasteiger partial charge in [0.25, 0.3) is 0 Å². The van der Waals surface area contributed by atoms with Crippen LogP contribution in [-0.2, 0) is 4.74 Å². The van der Waals surface area contributed by atoms with Gasteiger partial charge in [-0.15, -0.1) is 0 Å². The van der Waals surface area contributed by atoms with Crippen LogP contribution >= 0.6 is 0 Å². The molecule has 1 aliphatic heterocycles. The molecule has 1 saturated heterocycles. The van der Waals surface area contributed by atoms with Gasteiger partial charge in [-0.2, -0.15) is 0 Å². The first-order valence-electron chi connectivity index (χ1n) is 6.49. The van der Waals surface area contributed by atoms with E-state index in [1.165, 1.54) is 0 Å². The molecule has 0 aromatic heterocycles. The summed E-state index contributed by atoms with van der Waals surface area (Å²) in [5.74, 6) is -0.386. The Hall–Kier alpha value is -1.75. The van der Waals surface area contributed by atoms with Crippen LogP contribution in [0, 0.1) is 5.92 Å². The maximum absolute atomic E-state index is 11.1. The van der Waals surface area contributed by atoms with E-state index in [0.29, 0.717) is 11.6 Å². The van der Waals surface area contributed by atoms with E-state index < -0.39 is 5.97 Å². The number of rotatable bonds is 4. The minimum Gasteiger partial charge on any atom is -0.478 e. The molecule has 5 heteroatoms. The van der Waals surface area contributed by atoms with Crippen molar-refractivity contribution in [2.24, 2.45) is 5.92 Å². The van der Waals surface area contributed by atoms with Gasteiger partial charge in [0.2, 0.25) is 0 Å². The average molecular weight is 264 g/mol. The summed E-state index contributed by atoms with van der Waals surface area (Å²) in [4.78, 5) is 13.2. The predicted octanol–water partition coefficient (Wildman–Crippen LogP) is 1.83. The minimum atomic E-state index is -0.987. The van der Waals surface area contributed by atoms with Crippen LogP contribution in [0.25, 0.3) is 0 Å². The van der Waals surface area contributed by atoms with Gasteiger partial charge in [-0.05, 0) is 37.0 Å². The molecule has 19 heavy (non-hydrogen) atoms. The zero-order chi connectivity index (χ0) is 13.8. The Morgan fingerprint density at radius 2 is 2.16 bits per heavy atom. The number of anilines is 2. The minimum absolute atomic E-state index is 0.163. The first-order valence-corrected chi connectivity index (χ1v) is 6.49. The van der Waals surface area contributed by atoms with Crippen LogP contribution < -0.4 is 10.6 Å². The zero-order valence-electron chi connectivity index (χ0n) is 11.1. The number of ether oxygens (including phenoxy) is 1. The van der Waals surface area contributed by atoms with Gasteiger partial charge in [-0.25, -0.2) is 4.79 Å². The topological polar surface area (TPSA) is 75.8 Å². The number of nitrogen functional groups attached to an aromatic ring is 1. The Kier molecular flexibility index (Phi) is 4.27. The van der Waals surface area contributed by atoms with Crippen LogP contribution in [0.4, 0.5) is 11.4 Å². The third-order valence-electron chi connectivity index (χ3n) is 3.58. The molecule has 0 spiro atoms. The van der Waals surface area contributed by atoms with Crippen molar-refractivity contribution in [3.8, 4) is 0 Å². The number of nitrogens with zero attached hydrogens (tertiary/aromatic N) is 1. The van der Waals surface area contributed by atoms with Gasteiger partial charge in [0.05, 0.1) is 5.56 Å². The number of hydrogen-bond acceptors (Lipinski definition) is 4. The standard InChI is InChI=1S/C14H20N2O3/c1-16(9-10-4-6-19-7-5-10)11-2-3-13(15)12(8-11)14(17)18/h2-3,8,10H,4-7,9,15H2,1H3,(H,17,18). The molecule has 5 nitrogen and oxygen atoms in total. The van der Waals surface area contributed by atoms with Crippen LogP contribution in [0.5, 0.6) is 0 Å². The molecule has 1 heterocycles. The van der Waals surface area contributed by atoms with Crippen molar-refractivity contribution in [2.75, 3.05) is 37.4 Å². The molecule has 1 fully saturated rings. The Balaban J connectivity index is 2.07. The monoisotopic (exact) mass is 264 g/mol. The van der Waals surface area contributed by atoms with Gasteiger partial charge >= 0.3 is 5.97 Å². The van der Waals surface area contributed by atoms with Crippen LogP contribution in [0.3, 0.4) is 0 Å². The highest BCUT2D eigenvalue weighted by Crippen LogP contribution is 2.23. The maximum Gasteiger partial charge on any atom is 0.337 e. The molecule has 0 saturated carbocycles. The average Bonchev–Trinajstić information content (AvgIpc) is 2.40. The molecule has 104 valence electrons. The lowest BCUT2D eigenvalue weighted by atomic mass is 9.99. The summed E-state index contributed by atoms with van der Waals surface area (Å²) >= 11 is 0. The summed E-state index contributed by atoms with van der Waals surface area (Å²) in [7, 11) is 1.98. The number of nitrogens with two attached hydrogens (primary N) is 1. The van der Waals surface area contributed by atoms with Crippen LogP contribution in [0.15, 0.2) is 18.2 Å². The number of benzene rings is 1. The summed E-state index contributed by atoms with van der Waals surface area (Å²) in [6.07, 6.45) is 2.12. The second kappa shape index (κ2) is 5.93. The van der Waals surface area contributed by atoms with E-state index in [2.05, 4.69) is 4.90 Å². The highest BCUT2D eigenvalue weighted by molar-refractivity contribution is 5.94. The van der Waals surface area contributed by atoms with Gasteiger partial charge in [0.1, 0.15) is 0 Å². The van der Waals surface area contributed by atoms with E-state index in [-0.39, 0.29) is 5.56 Å². The Bertz CT molecular complexity index is 456. The number of hydrogen-bond donors (Lipinski definition) is 2. The Morgan fingerprint density at radius 1 is 1.47 bits per heavy atom. The highest BCUT2D eigenvalue weighted by atomic mass is 16.5. The summed E-state index contributed by atoms with van der Waals surface area (Å²) in [6.45, 7) is 2.55. The number of aromatic carboxylic acids is 1. The summed E-state index contributed by atoms with van der Waals surface area (Å²) in [5.41, 5.74) is 7.01. The van der Waals surface area contributed by atoms with Crippen molar-refractivity contribution in [1.29, 1.82) is 0 Å². The van der Waals surface area contributed by atoms with E-state index >= 15 is 0 Å². The van der Waals surface area contributed by atoms with Crippen LogP contribution in [0.1, 0.15) is 23.2 Å². The van der Waals surface area contributed by atoms with Crippen molar-refractivity contribution in [3.05, 3.63) is 23.8 Å². The molecule has 1 aromatic rings.